The van der Waals surface area contributed by atoms with Gasteiger partial charge in [0.15, 0.2) is 0 Å². The van der Waals surface area contributed by atoms with Crippen LogP contribution in [0.3, 0.4) is 0 Å². The first-order valence-corrected chi connectivity index (χ1v) is 7.35. The topological polar surface area (TPSA) is 50.3 Å². The van der Waals surface area contributed by atoms with E-state index in [1.54, 1.807) is 24.4 Å². The molecule has 1 aliphatic rings. The van der Waals surface area contributed by atoms with E-state index in [1.807, 2.05) is 6.07 Å². The van der Waals surface area contributed by atoms with Crippen molar-refractivity contribution in [2.24, 2.45) is 0 Å². The van der Waals surface area contributed by atoms with Crippen LogP contribution in [0.2, 0.25) is 10.0 Å². The number of hydrogen-bond donors (Lipinski definition) is 1. The Balaban J connectivity index is 1.79. The van der Waals surface area contributed by atoms with Gasteiger partial charge in [-0.1, -0.05) is 23.2 Å². The molecule has 0 atom stereocenters. The van der Waals surface area contributed by atoms with Gasteiger partial charge in [-0.05, 0) is 24.3 Å². The first kappa shape index (κ1) is 14.4. The lowest BCUT2D eigenvalue weighted by Gasteiger charge is -2.27. The Bertz CT molecular complexity index is 612. The molecule has 2 aromatic rings. The van der Waals surface area contributed by atoms with Crippen LogP contribution in [0.1, 0.15) is 0 Å². The van der Waals surface area contributed by atoms with Gasteiger partial charge in [0, 0.05) is 35.0 Å². The lowest BCUT2D eigenvalue weighted by Crippen LogP contribution is -2.36. The predicted octanol–water partition coefficient (Wildman–Crippen LogP) is 3.36. The molecular weight excluding hydrogens is 311 g/mol. The molecule has 21 heavy (non-hydrogen) atoms. The summed E-state index contributed by atoms with van der Waals surface area (Å²) >= 11 is 12.0. The second-order valence-electron chi connectivity index (χ2n) is 4.62. The average Bonchev–Trinajstić information content (AvgIpc) is 2.47. The summed E-state index contributed by atoms with van der Waals surface area (Å²) in [6.45, 7) is 3.10. The Kier molecular flexibility index (Phi) is 4.43. The standard InChI is InChI=1S/C14H14Cl2N4O/c15-10-7-11(16)9-12(8-10)18-14-17-2-1-13(19-14)20-3-5-21-6-4-20/h1-2,7-9H,3-6H2,(H,17,18,19). The van der Waals surface area contributed by atoms with Crippen molar-refractivity contribution in [2.45, 2.75) is 0 Å². The molecule has 0 unspecified atom stereocenters. The summed E-state index contributed by atoms with van der Waals surface area (Å²) in [5.74, 6) is 1.39. The highest BCUT2D eigenvalue weighted by Crippen LogP contribution is 2.24. The highest BCUT2D eigenvalue weighted by molar-refractivity contribution is 6.35. The molecule has 0 bridgehead atoms. The molecule has 1 aromatic heterocycles. The SMILES string of the molecule is Clc1cc(Cl)cc(Nc2nccc(N3CCOCC3)n2)c1. The van der Waals surface area contributed by atoms with Gasteiger partial charge < -0.3 is 15.0 Å². The van der Waals surface area contributed by atoms with E-state index in [-0.39, 0.29) is 0 Å². The molecule has 5 nitrogen and oxygen atoms in total. The molecule has 0 spiro atoms. The van der Waals surface area contributed by atoms with Crippen LogP contribution in [0.15, 0.2) is 30.5 Å². The minimum absolute atomic E-state index is 0.511. The van der Waals surface area contributed by atoms with Gasteiger partial charge >= 0.3 is 0 Å². The maximum atomic E-state index is 5.98. The van der Waals surface area contributed by atoms with Crippen molar-refractivity contribution in [1.29, 1.82) is 0 Å². The fourth-order valence-corrected chi connectivity index (χ4v) is 2.66. The number of rotatable bonds is 3. The van der Waals surface area contributed by atoms with Crippen molar-refractivity contribution in [1.82, 2.24) is 9.97 Å². The Morgan fingerprint density at radius 2 is 1.81 bits per heavy atom. The number of ether oxygens (including phenoxy) is 1. The molecular formula is C14H14Cl2N4O. The summed E-state index contributed by atoms with van der Waals surface area (Å²) in [5, 5.41) is 4.24. The maximum absolute atomic E-state index is 5.98. The number of halogens is 2. The maximum Gasteiger partial charge on any atom is 0.229 e. The number of nitrogens with one attached hydrogen (secondary N) is 1. The lowest BCUT2D eigenvalue weighted by molar-refractivity contribution is 0.122. The van der Waals surface area contributed by atoms with Gasteiger partial charge in [-0.3, -0.25) is 0 Å². The number of nitrogens with zero attached hydrogens (tertiary/aromatic N) is 3. The predicted molar refractivity (Wildman–Crippen MR) is 84.8 cm³/mol. The van der Waals surface area contributed by atoms with Crippen LogP contribution < -0.4 is 10.2 Å². The molecule has 1 aromatic carbocycles. The molecule has 3 rings (SSSR count). The number of anilines is 3. The molecule has 0 amide bonds. The molecule has 1 aliphatic heterocycles. The van der Waals surface area contributed by atoms with E-state index in [0.717, 1.165) is 37.8 Å². The summed E-state index contributed by atoms with van der Waals surface area (Å²) in [5.41, 5.74) is 0.756. The van der Waals surface area contributed by atoms with Gasteiger partial charge in [-0.25, -0.2) is 4.98 Å². The average molecular weight is 325 g/mol. The molecule has 7 heteroatoms. The van der Waals surface area contributed by atoms with Crippen molar-refractivity contribution in [2.75, 3.05) is 36.5 Å². The Morgan fingerprint density at radius 3 is 2.52 bits per heavy atom. The van der Waals surface area contributed by atoms with E-state index in [0.29, 0.717) is 16.0 Å². The molecule has 0 radical (unpaired) electrons. The van der Waals surface area contributed by atoms with Crippen LogP contribution >= 0.6 is 23.2 Å². The second-order valence-corrected chi connectivity index (χ2v) is 5.49. The zero-order valence-corrected chi connectivity index (χ0v) is 12.7. The summed E-state index contributed by atoms with van der Waals surface area (Å²) < 4.78 is 5.34. The van der Waals surface area contributed by atoms with Crippen LogP contribution in [0.25, 0.3) is 0 Å². The third-order valence-electron chi connectivity index (χ3n) is 3.09. The normalized spacial score (nSPS) is 15.0. The largest absolute Gasteiger partial charge is 0.378 e. The van der Waals surface area contributed by atoms with Crippen LogP contribution in [-0.2, 0) is 4.74 Å². The number of benzene rings is 1. The van der Waals surface area contributed by atoms with Crippen LogP contribution in [0, 0.1) is 0 Å². The van der Waals surface area contributed by atoms with Crippen LogP contribution in [0.4, 0.5) is 17.5 Å². The third kappa shape index (κ3) is 3.75. The summed E-state index contributed by atoms with van der Waals surface area (Å²) in [7, 11) is 0. The van der Waals surface area contributed by atoms with Crippen molar-refractivity contribution in [3.8, 4) is 0 Å². The van der Waals surface area contributed by atoms with Crippen LogP contribution in [0.5, 0.6) is 0 Å². The summed E-state index contributed by atoms with van der Waals surface area (Å²) in [6.07, 6.45) is 1.73. The fourth-order valence-electron chi connectivity index (χ4n) is 2.13. The van der Waals surface area contributed by atoms with Gasteiger partial charge in [-0.15, -0.1) is 0 Å². The molecule has 1 N–H and O–H groups in total. The zero-order valence-electron chi connectivity index (χ0n) is 11.2. The number of aromatic nitrogens is 2. The highest BCUT2D eigenvalue weighted by Gasteiger charge is 2.13. The quantitative estimate of drug-likeness (QED) is 0.938. The molecule has 1 saturated heterocycles. The van der Waals surface area contributed by atoms with E-state index in [1.165, 1.54) is 0 Å². The Morgan fingerprint density at radius 1 is 1.10 bits per heavy atom. The zero-order chi connectivity index (χ0) is 14.7. The number of hydrogen-bond acceptors (Lipinski definition) is 5. The smallest absolute Gasteiger partial charge is 0.229 e. The van der Waals surface area contributed by atoms with Crippen molar-refractivity contribution < 1.29 is 4.74 Å². The van der Waals surface area contributed by atoms with Gasteiger partial charge in [0.2, 0.25) is 5.95 Å². The summed E-state index contributed by atoms with van der Waals surface area (Å²) in [4.78, 5) is 10.9. The van der Waals surface area contributed by atoms with E-state index in [2.05, 4.69) is 20.2 Å². The molecule has 2 heterocycles. The minimum atomic E-state index is 0.511. The second kappa shape index (κ2) is 6.47. The van der Waals surface area contributed by atoms with Crippen molar-refractivity contribution >= 4 is 40.7 Å². The van der Waals surface area contributed by atoms with Crippen LogP contribution in [-0.4, -0.2) is 36.3 Å². The highest BCUT2D eigenvalue weighted by atomic mass is 35.5. The first-order chi connectivity index (χ1) is 10.2. The fraction of sp³-hybridized carbons (Fsp3) is 0.286. The Hall–Kier alpha value is -1.56. The molecule has 110 valence electrons. The van der Waals surface area contributed by atoms with E-state index in [9.17, 15) is 0 Å². The molecule has 0 aliphatic carbocycles. The molecule has 0 saturated carbocycles. The van der Waals surface area contributed by atoms with Gasteiger partial charge in [-0.2, -0.15) is 4.98 Å². The van der Waals surface area contributed by atoms with E-state index in [4.69, 9.17) is 27.9 Å². The van der Waals surface area contributed by atoms with E-state index < -0.39 is 0 Å². The first-order valence-electron chi connectivity index (χ1n) is 6.59. The van der Waals surface area contributed by atoms with Gasteiger partial charge in [0.05, 0.1) is 13.2 Å². The van der Waals surface area contributed by atoms with Gasteiger partial charge in [0.25, 0.3) is 0 Å². The number of morpholine rings is 1. The minimum Gasteiger partial charge on any atom is -0.378 e. The third-order valence-corrected chi connectivity index (χ3v) is 3.53. The summed E-state index contributed by atoms with van der Waals surface area (Å²) in [6, 6.07) is 7.12. The lowest BCUT2D eigenvalue weighted by atomic mass is 10.3. The van der Waals surface area contributed by atoms with Crippen molar-refractivity contribution in [3.05, 3.63) is 40.5 Å². The van der Waals surface area contributed by atoms with Crippen molar-refractivity contribution in [3.63, 3.8) is 0 Å². The Labute approximate surface area is 132 Å². The molecule has 1 fully saturated rings. The van der Waals surface area contributed by atoms with Gasteiger partial charge in [0.1, 0.15) is 5.82 Å². The van der Waals surface area contributed by atoms with E-state index >= 15 is 0 Å². The monoisotopic (exact) mass is 324 g/mol.